The standard InChI is InChI=1S/C65H75F5N8O4/c1-41-31-43(3)59-52(21-29-75(59)61(79)81-63(5,6)7)54(41)33-48-19-26-73(28-23-58(66)67)38-56(48)46-13-17-51(18-14-46)78-37-45(36-72-78)35-64(8,9)82-62(80)76-30-22-53-55(42(2)32-44(4)60(53)76)34-49-20-27-74(40-65(68,69)70)39-57(49)47-11-15-50(16-12-47)77-25-10-24-71-77/h10-18,21-22,24-25,29-32,36-37,48-49,56-58H,19-20,23,26-28,33-35,38-40H2,1-9H3/t48-,49-,56-,57-/m0/s1. The monoisotopic (exact) mass is 1130 g/mol. The number of hydrogen-bond donors (Lipinski definition) is 0. The summed E-state index contributed by atoms with van der Waals surface area (Å²) in [6, 6.07) is 26.3. The SMILES string of the molecule is Cc1cc(C)c2c(ccn2C(=O)OC(C)(C)C)c1C[C@@H]1CCN(CCC(F)F)C[C@H]1c1ccc(-n2cc(CC(C)(C)OC(=O)n3ccc4c(C[C@@H]5CCN(CC(F)(F)F)C[C@H]5c5ccc(-n6cccn6)cc5)c(C)cc(C)c43)cn2)cc1. The zero-order chi connectivity index (χ0) is 58.4. The Morgan fingerprint density at radius 3 is 1.66 bits per heavy atom. The fourth-order valence-electron chi connectivity index (χ4n) is 13.1. The Hall–Kier alpha value is -7.11. The van der Waals surface area contributed by atoms with Gasteiger partial charge >= 0.3 is 18.4 Å². The third-order valence-electron chi connectivity index (χ3n) is 16.8. The maximum absolute atomic E-state index is 14.3. The Morgan fingerprint density at radius 1 is 0.646 bits per heavy atom. The highest BCUT2D eigenvalue weighted by atomic mass is 19.4. The molecule has 17 heteroatoms. The lowest BCUT2D eigenvalue weighted by molar-refractivity contribution is -0.149. The normalized spacial score (nSPS) is 18.7. The first-order chi connectivity index (χ1) is 38.9. The van der Waals surface area contributed by atoms with Gasteiger partial charge in [-0.25, -0.2) is 27.7 Å². The molecule has 82 heavy (non-hydrogen) atoms. The number of aryl methyl sites for hydroxylation is 4. The number of hydrogen-bond acceptors (Lipinski definition) is 8. The molecule has 434 valence electrons. The van der Waals surface area contributed by atoms with Crippen molar-refractivity contribution in [3.63, 3.8) is 0 Å². The lowest BCUT2D eigenvalue weighted by Crippen LogP contribution is -2.44. The Balaban J connectivity index is 0.835. The Kier molecular flexibility index (Phi) is 16.5. The highest BCUT2D eigenvalue weighted by Gasteiger charge is 2.38. The van der Waals surface area contributed by atoms with Crippen molar-refractivity contribution in [2.24, 2.45) is 11.8 Å². The third kappa shape index (κ3) is 13.1. The highest BCUT2D eigenvalue weighted by molar-refractivity contribution is 5.95. The summed E-state index contributed by atoms with van der Waals surface area (Å²) in [5.41, 5.74) is 11.0. The van der Waals surface area contributed by atoms with E-state index in [0.717, 1.165) is 97.1 Å². The lowest BCUT2D eigenvalue weighted by Gasteiger charge is -2.39. The molecule has 0 bridgehead atoms. The minimum Gasteiger partial charge on any atom is -0.443 e. The number of carbonyl (C=O) groups excluding carboxylic acids is 2. The summed E-state index contributed by atoms with van der Waals surface area (Å²) >= 11 is 0. The molecule has 12 nitrogen and oxygen atoms in total. The van der Waals surface area contributed by atoms with Crippen LogP contribution in [0.25, 0.3) is 33.2 Å². The van der Waals surface area contributed by atoms with Gasteiger partial charge < -0.3 is 14.4 Å². The first kappa shape index (κ1) is 58.1. The zero-order valence-corrected chi connectivity index (χ0v) is 48.4. The van der Waals surface area contributed by atoms with Crippen LogP contribution in [0.2, 0.25) is 0 Å². The quantitative estimate of drug-likeness (QED) is 0.0935. The first-order valence-corrected chi connectivity index (χ1v) is 28.6. The number of benzene rings is 4. The second-order valence-electron chi connectivity index (χ2n) is 24.6. The van der Waals surface area contributed by atoms with Crippen molar-refractivity contribution in [3.8, 4) is 11.4 Å². The summed E-state index contributed by atoms with van der Waals surface area (Å²) in [7, 11) is 0. The maximum Gasteiger partial charge on any atom is 0.419 e. The molecule has 0 aliphatic carbocycles. The minimum absolute atomic E-state index is 0.0421. The molecule has 4 aromatic heterocycles. The minimum atomic E-state index is -4.31. The molecule has 2 fully saturated rings. The van der Waals surface area contributed by atoms with Crippen LogP contribution in [-0.4, -0.2) is 114 Å². The van der Waals surface area contributed by atoms with E-state index in [2.05, 4.69) is 48.1 Å². The molecule has 8 aromatic rings. The molecule has 0 radical (unpaired) electrons. The van der Waals surface area contributed by atoms with E-state index in [0.29, 0.717) is 38.9 Å². The van der Waals surface area contributed by atoms with Crippen LogP contribution < -0.4 is 0 Å². The molecule has 0 saturated carbocycles. The lowest BCUT2D eigenvalue weighted by atomic mass is 9.76. The maximum atomic E-state index is 14.3. The van der Waals surface area contributed by atoms with E-state index in [-0.39, 0.29) is 36.6 Å². The number of rotatable bonds is 15. The van der Waals surface area contributed by atoms with E-state index in [4.69, 9.17) is 14.6 Å². The number of ether oxygens (including phenoxy) is 2. The number of alkyl halides is 5. The smallest absolute Gasteiger partial charge is 0.419 e. The highest BCUT2D eigenvalue weighted by Crippen LogP contribution is 2.41. The van der Waals surface area contributed by atoms with Crippen molar-refractivity contribution in [1.82, 2.24) is 38.5 Å². The molecule has 2 aliphatic rings. The van der Waals surface area contributed by atoms with Crippen molar-refractivity contribution in [2.75, 3.05) is 39.3 Å². The molecule has 4 atom stereocenters. The average Bonchev–Trinajstić information content (AvgIpc) is 4.17. The van der Waals surface area contributed by atoms with Crippen LogP contribution in [0.4, 0.5) is 31.5 Å². The number of fused-ring (bicyclic) bond motifs is 2. The van der Waals surface area contributed by atoms with Crippen LogP contribution in [0, 0.1) is 39.5 Å². The largest absolute Gasteiger partial charge is 0.443 e. The van der Waals surface area contributed by atoms with Gasteiger partial charge in [0.25, 0.3) is 0 Å². The number of carbonyl (C=O) groups is 2. The van der Waals surface area contributed by atoms with Crippen molar-refractivity contribution >= 4 is 34.0 Å². The summed E-state index contributed by atoms with van der Waals surface area (Å²) < 4.78 is 87.1. The topological polar surface area (TPSA) is 105 Å². The van der Waals surface area contributed by atoms with Gasteiger partial charge in [-0.15, -0.1) is 0 Å². The van der Waals surface area contributed by atoms with E-state index >= 15 is 0 Å². The van der Waals surface area contributed by atoms with Gasteiger partial charge in [-0.1, -0.05) is 36.4 Å². The van der Waals surface area contributed by atoms with E-state index in [1.54, 1.807) is 43.3 Å². The van der Waals surface area contributed by atoms with Crippen LogP contribution in [0.15, 0.2) is 116 Å². The van der Waals surface area contributed by atoms with Crippen LogP contribution in [0.5, 0.6) is 0 Å². The summed E-state index contributed by atoms with van der Waals surface area (Å²) in [6.45, 7) is 18.8. The van der Waals surface area contributed by atoms with Gasteiger partial charge in [-0.3, -0.25) is 14.0 Å². The number of aromatic nitrogens is 6. The Bertz CT molecular complexity index is 3550. The third-order valence-corrected chi connectivity index (χ3v) is 16.8. The summed E-state index contributed by atoms with van der Waals surface area (Å²) in [5, 5.41) is 11.0. The summed E-state index contributed by atoms with van der Waals surface area (Å²) in [6.07, 6.45) is 6.17. The molecule has 2 saturated heterocycles. The van der Waals surface area contributed by atoms with Gasteiger partial charge in [0, 0.05) is 74.2 Å². The van der Waals surface area contributed by atoms with Crippen LogP contribution in [0.1, 0.15) is 116 Å². The average molecular weight is 1130 g/mol. The molecule has 0 amide bonds. The van der Waals surface area contributed by atoms with E-state index < -0.39 is 42.5 Å². The Morgan fingerprint density at radius 2 is 1.16 bits per heavy atom. The van der Waals surface area contributed by atoms with Crippen LogP contribution in [0.3, 0.4) is 0 Å². The molecule has 6 heterocycles. The van der Waals surface area contributed by atoms with Gasteiger partial charge in [0.05, 0.1) is 35.1 Å². The molecule has 4 aromatic carbocycles. The predicted octanol–water partition coefficient (Wildman–Crippen LogP) is 14.5. The number of nitrogens with zero attached hydrogens (tertiary/aromatic N) is 8. The zero-order valence-electron chi connectivity index (χ0n) is 48.4. The fraction of sp³-hybridized carbons (Fsp3) is 0.446. The van der Waals surface area contributed by atoms with E-state index in [9.17, 15) is 31.5 Å². The summed E-state index contributed by atoms with van der Waals surface area (Å²) in [5.74, 6) is 0.135. The molecule has 2 aliphatic heterocycles. The second-order valence-corrected chi connectivity index (χ2v) is 24.6. The molecular weight excluding hydrogens is 1050 g/mol. The predicted molar refractivity (Wildman–Crippen MR) is 310 cm³/mol. The van der Waals surface area contributed by atoms with E-state index in [1.165, 1.54) is 10.5 Å². The molecule has 0 spiro atoms. The van der Waals surface area contributed by atoms with Gasteiger partial charge in [0.2, 0.25) is 6.43 Å². The van der Waals surface area contributed by atoms with Gasteiger partial charge in [0.1, 0.15) is 11.2 Å². The van der Waals surface area contributed by atoms with Gasteiger partial charge in [-0.05, 0) is 217 Å². The Labute approximate surface area is 476 Å². The van der Waals surface area contributed by atoms with Gasteiger partial charge in [-0.2, -0.15) is 23.4 Å². The van der Waals surface area contributed by atoms with Crippen molar-refractivity contribution in [2.45, 2.75) is 136 Å². The van der Waals surface area contributed by atoms with Crippen molar-refractivity contribution in [1.29, 1.82) is 0 Å². The van der Waals surface area contributed by atoms with Crippen LogP contribution in [-0.2, 0) is 28.7 Å². The van der Waals surface area contributed by atoms with Crippen LogP contribution >= 0.6 is 0 Å². The fourth-order valence-corrected chi connectivity index (χ4v) is 13.1. The van der Waals surface area contributed by atoms with Crippen molar-refractivity contribution < 1.29 is 41.0 Å². The number of likely N-dealkylation sites (tertiary alicyclic amines) is 2. The molecular formula is C65H75F5N8O4. The van der Waals surface area contributed by atoms with E-state index in [1.807, 2.05) is 115 Å². The number of halogens is 5. The van der Waals surface area contributed by atoms with Crippen molar-refractivity contribution in [3.05, 3.63) is 166 Å². The summed E-state index contributed by atoms with van der Waals surface area (Å²) in [4.78, 5) is 31.3. The number of piperidine rings is 2. The molecule has 10 rings (SSSR count). The second kappa shape index (κ2) is 23.3. The first-order valence-electron chi connectivity index (χ1n) is 28.6. The molecule has 0 N–H and O–H groups in total. The molecule has 0 unspecified atom stereocenters. The van der Waals surface area contributed by atoms with Gasteiger partial charge in [0.15, 0.2) is 0 Å².